The minimum atomic E-state index is -0.551. The summed E-state index contributed by atoms with van der Waals surface area (Å²) < 4.78 is 13.4. The average molecular weight is 250 g/mol. The van der Waals surface area contributed by atoms with Crippen molar-refractivity contribution in [3.63, 3.8) is 0 Å². The van der Waals surface area contributed by atoms with Crippen LogP contribution in [0.3, 0.4) is 0 Å². The van der Waals surface area contributed by atoms with Crippen molar-refractivity contribution in [3.05, 3.63) is 64.4 Å². The van der Waals surface area contributed by atoms with Crippen molar-refractivity contribution in [1.82, 2.24) is 0 Å². The smallest absolute Gasteiger partial charge is 0.196 e. The Bertz CT molecular complexity index is 583. The summed E-state index contributed by atoms with van der Waals surface area (Å²) in [7, 11) is 0. The number of carbonyl (C=O) groups excluding carboxylic acids is 1. The standard InChI is InChI=1S/C13H9ClFNO/c14-10-7-8(5-6-12(10)16)13(17)9-3-1-2-4-11(9)15/h1-7H,16H2. The van der Waals surface area contributed by atoms with Crippen LogP contribution in [0, 0.1) is 5.82 Å². The molecule has 86 valence electrons. The summed E-state index contributed by atoms with van der Waals surface area (Å²) in [5.41, 5.74) is 6.26. The number of anilines is 1. The van der Waals surface area contributed by atoms with Gasteiger partial charge < -0.3 is 5.73 Å². The van der Waals surface area contributed by atoms with E-state index in [0.717, 1.165) is 0 Å². The molecule has 0 saturated heterocycles. The lowest BCUT2D eigenvalue weighted by Crippen LogP contribution is -2.04. The first-order chi connectivity index (χ1) is 8.09. The van der Waals surface area contributed by atoms with E-state index in [-0.39, 0.29) is 10.6 Å². The van der Waals surface area contributed by atoms with Crippen molar-refractivity contribution in [1.29, 1.82) is 0 Å². The number of halogens is 2. The second-order valence-corrected chi connectivity index (χ2v) is 3.95. The molecule has 0 spiro atoms. The molecule has 0 aliphatic heterocycles. The van der Waals surface area contributed by atoms with Gasteiger partial charge in [-0.15, -0.1) is 0 Å². The molecule has 0 radical (unpaired) electrons. The minimum absolute atomic E-state index is 0.0216. The van der Waals surface area contributed by atoms with Gasteiger partial charge in [-0.1, -0.05) is 23.7 Å². The Hall–Kier alpha value is -1.87. The van der Waals surface area contributed by atoms with E-state index in [9.17, 15) is 9.18 Å². The predicted octanol–water partition coefficient (Wildman–Crippen LogP) is 3.29. The molecule has 2 rings (SSSR count). The van der Waals surface area contributed by atoms with Gasteiger partial charge in [0.2, 0.25) is 0 Å². The zero-order valence-electron chi connectivity index (χ0n) is 8.78. The van der Waals surface area contributed by atoms with Gasteiger partial charge >= 0.3 is 0 Å². The Labute approximate surface area is 103 Å². The van der Waals surface area contributed by atoms with E-state index in [2.05, 4.69) is 0 Å². The summed E-state index contributed by atoms with van der Waals surface area (Å²) in [5, 5.41) is 0.284. The van der Waals surface area contributed by atoms with Crippen molar-refractivity contribution in [2.75, 3.05) is 5.73 Å². The van der Waals surface area contributed by atoms with Gasteiger partial charge in [-0.2, -0.15) is 0 Å². The van der Waals surface area contributed by atoms with Gasteiger partial charge in [0.25, 0.3) is 0 Å². The number of nitrogens with two attached hydrogens (primary N) is 1. The van der Waals surface area contributed by atoms with Crippen molar-refractivity contribution in [3.8, 4) is 0 Å². The molecular formula is C13H9ClFNO. The van der Waals surface area contributed by atoms with E-state index in [1.807, 2.05) is 0 Å². The van der Waals surface area contributed by atoms with Crippen LogP contribution < -0.4 is 5.73 Å². The summed E-state index contributed by atoms with van der Waals surface area (Å²) >= 11 is 5.81. The van der Waals surface area contributed by atoms with Gasteiger partial charge in [-0.25, -0.2) is 4.39 Å². The fourth-order valence-electron chi connectivity index (χ4n) is 1.47. The van der Waals surface area contributed by atoms with Crippen LogP contribution in [0.15, 0.2) is 42.5 Å². The fraction of sp³-hybridized carbons (Fsp3) is 0. The van der Waals surface area contributed by atoms with E-state index in [1.54, 1.807) is 6.07 Å². The molecule has 0 amide bonds. The first-order valence-electron chi connectivity index (χ1n) is 4.94. The monoisotopic (exact) mass is 249 g/mol. The highest BCUT2D eigenvalue weighted by atomic mass is 35.5. The Kier molecular flexibility index (Phi) is 3.11. The number of carbonyl (C=O) groups is 1. The molecule has 0 fully saturated rings. The lowest BCUT2D eigenvalue weighted by atomic mass is 10.0. The van der Waals surface area contributed by atoms with Crippen LogP contribution in [0.1, 0.15) is 15.9 Å². The molecule has 0 saturated carbocycles. The SMILES string of the molecule is Nc1ccc(C(=O)c2ccccc2F)cc1Cl. The second-order valence-electron chi connectivity index (χ2n) is 3.55. The number of rotatable bonds is 2. The predicted molar refractivity (Wildman–Crippen MR) is 65.7 cm³/mol. The van der Waals surface area contributed by atoms with E-state index in [4.69, 9.17) is 17.3 Å². The van der Waals surface area contributed by atoms with E-state index in [1.165, 1.54) is 36.4 Å². The van der Waals surface area contributed by atoms with Crippen LogP contribution in [0.2, 0.25) is 5.02 Å². The summed E-state index contributed by atoms with van der Waals surface area (Å²) in [6.45, 7) is 0. The number of benzene rings is 2. The summed E-state index contributed by atoms with van der Waals surface area (Å²) in [4.78, 5) is 12.0. The Morgan fingerprint density at radius 3 is 2.53 bits per heavy atom. The number of ketones is 1. The van der Waals surface area contributed by atoms with Crippen molar-refractivity contribution in [2.24, 2.45) is 0 Å². The van der Waals surface area contributed by atoms with Gasteiger partial charge in [0, 0.05) is 5.56 Å². The number of hydrogen-bond donors (Lipinski definition) is 1. The quantitative estimate of drug-likeness (QED) is 0.656. The maximum Gasteiger partial charge on any atom is 0.196 e. The molecular weight excluding hydrogens is 241 g/mol. The Morgan fingerprint density at radius 2 is 1.88 bits per heavy atom. The molecule has 2 aromatic carbocycles. The molecule has 0 bridgehead atoms. The molecule has 0 aromatic heterocycles. The molecule has 2 N–H and O–H groups in total. The molecule has 4 heteroatoms. The molecule has 0 atom stereocenters. The van der Waals surface area contributed by atoms with E-state index >= 15 is 0 Å². The zero-order valence-corrected chi connectivity index (χ0v) is 9.54. The third-order valence-electron chi connectivity index (χ3n) is 2.38. The van der Waals surface area contributed by atoms with E-state index in [0.29, 0.717) is 11.3 Å². The zero-order chi connectivity index (χ0) is 12.4. The minimum Gasteiger partial charge on any atom is -0.398 e. The van der Waals surface area contributed by atoms with Crippen LogP contribution in [0.4, 0.5) is 10.1 Å². The van der Waals surface area contributed by atoms with E-state index < -0.39 is 11.6 Å². The van der Waals surface area contributed by atoms with Crippen molar-refractivity contribution in [2.45, 2.75) is 0 Å². The van der Waals surface area contributed by atoms with Gasteiger partial charge in [0.05, 0.1) is 16.3 Å². The first-order valence-corrected chi connectivity index (χ1v) is 5.31. The topological polar surface area (TPSA) is 43.1 Å². The molecule has 0 aliphatic carbocycles. The molecule has 17 heavy (non-hydrogen) atoms. The van der Waals surface area contributed by atoms with Crippen LogP contribution in [0.5, 0.6) is 0 Å². The maximum atomic E-state index is 13.4. The maximum absolute atomic E-state index is 13.4. The molecule has 0 unspecified atom stereocenters. The molecule has 2 aromatic rings. The van der Waals surface area contributed by atoms with Gasteiger partial charge in [0.1, 0.15) is 5.82 Å². The van der Waals surface area contributed by atoms with Crippen LogP contribution in [-0.2, 0) is 0 Å². The normalized spacial score (nSPS) is 10.2. The summed E-state index contributed by atoms with van der Waals surface area (Å²) in [6.07, 6.45) is 0. The Balaban J connectivity index is 2.44. The molecule has 0 heterocycles. The molecule has 0 aliphatic rings. The largest absolute Gasteiger partial charge is 0.398 e. The van der Waals surface area contributed by atoms with Gasteiger partial charge in [0.15, 0.2) is 5.78 Å². The van der Waals surface area contributed by atoms with Crippen molar-refractivity contribution < 1.29 is 9.18 Å². The summed E-state index contributed by atoms with van der Waals surface area (Å²) in [5.74, 6) is -0.963. The number of nitrogen functional groups attached to an aromatic ring is 1. The lowest BCUT2D eigenvalue weighted by molar-refractivity contribution is 0.103. The summed E-state index contributed by atoms with van der Waals surface area (Å²) in [6, 6.07) is 10.3. The van der Waals surface area contributed by atoms with Crippen LogP contribution in [-0.4, -0.2) is 5.78 Å². The highest BCUT2D eigenvalue weighted by Gasteiger charge is 2.14. The third kappa shape index (κ3) is 2.29. The van der Waals surface area contributed by atoms with Gasteiger partial charge in [-0.3, -0.25) is 4.79 Å². The fourth-order valence-corrected chi connectivity index (χ4v) is 1.65. The second kappa shape index (κ2) is 4.55. The Morgan fingerprint density at radius 1 is 1.18 bits per heavy atom. The van der Waals surface area contributed by atoms with Crippen LogP contribution in [0.25, 0.3) is 0 Å². The number of hydrogen-bond acceptors (Lipinski definition) is 2. The third-order valence-corrected chi connectivity index (χ3v) is 2.71. The van der Waals surface area contributed by atoms with Gasteiger partial charge in [-0.05, 0) is 30.3 Å². The van der Waals surface area contributed by atoms with Crippen molar-refractivity contribution >= 4 is 23.1 Å². The average Bonchev–Trinajstić information content (AvgIpc) is 2.32. The molecule has 2 nitrogen and oxygen atoms in total. The highest BCUT2D eigenvalue weighted by Crippen LogP contribution is 2.22. The lowest BCUT2D eigenvalue weighted by Gasteiger charge is -2.04. The van der Waals surface area contributed by atoms with Crippen LogP contribution >= 0.6 is 11.6 Å². The first kappa shape index (κ1) is 11.6. The highest BCUT2D eigenvalue weighted by molar-refractivity contribution is 6.33.